The van der Waals surface area contributed by atoms with Gasteiger partial charge in [-0.2, -0.15) is 5.10 Å². The summed E-state index contributed by atoms with van der Waals surface area (Å²) in [6, 6.07) is 9.29. The van der Waals surface area contributed by atoms with Gasteiger partial charge in [-0.1, -0.05) is 17.7 Å². The quantitative estimate of drug-likeness (QED) is 0.785. The van der Waals surface area contributed by atoms with Crippen LogP contribution in [0.1, 0.15) is 12.0 Å². The van der Waals surface area contributed by atoms with E-state index in [4.69, 9.17) is 21.1 Å². The summed E-state index contributed by atoms with van der Waals surface area (Å²) < 4.78 is 12.2. The molecule has 2 rings (SSSR count). The third kappa shape index (κ3) is 2.49. The van der Waals surface area contributed by atoms with Crippen LogP contribution in [0.5, 0.6) is 0 Å². The van der Waals surface area contributed by atoms with E-state index >= 15 is 0 Å². The molecular weight excluding hydrogens is 240 g/mol. The molecule has 17 heavy (non-hydrogen) atoms. The third-order valence-electron chi connectivity index (χ3n) is 2.39. The monoisotopic (exact) mass is 252 g/mol. The zero-order valence-electron chi connectivity index (χ0n) is 9.63. The Balaban J connectivity index is 2.43. The molecule has 2 aromatic rings. The first-order chi connectivity index (χ1) is 8.26. The second-order valence-electron chi connectivity index (χ2n) is 3.45. The Kier molecular flexibility index (Phi) is 3.78. The van der Waals surface area contributed by atoms with E-state index < -0.39 is 6.29 Å². The summed E-state index contributed by atoms with van der Waals surface area (Å²) >= 11 is 5.96. The first kappa shape index (κ1) is 12.1. The molecule has 0 bridgehead atoms. The predicted molar refractivity (Wildman–Crippen MR) is 65.3 cm³/mol. The molecule has 0 radical (unpaired) electrons. The van der Waals surface area contributed by atoms with Crippen molar-refractivity contribution in [2.24, 2.45) is 0 Å². The maximum atomic E-state index is 5.96. The average Bonchev–Trinajstić information content (AvgIpc) is 2.80. The van der Waals surface area contributed by atoms with Crippen molar-refractivity contribution in [1.29, 1.82) is 0 Å². The van der Waals surface area contributed by atoms with Gasteiger partial charge in [-0.15, -0.1) is 0 Å². The number of aromatic nitrogens is 2. The van der Waals surface area contributed by atoms with Gasteiger partial charge >= 0.3 is 0 Å². The number of hydrogen-bond acceptors (Lipinski definition) is 3. The molecule has 0 saturated heterocycles. The minimum absolute atomic E-state index is 0.448. The SMILES string of the molecule is COC(OC)c1ccnn1-c1cccc(Cl)c1. The Labute approximate surface area is 105 Å². The van der Waals surface area contributed by atoms with E-state index in [0.29, 0.717) is 5.02 Å². The van der Waals surface area contributed by atoms with E-state index in [1.807, 2.05) is 30.3 Å². The molecule has 0 aliphatic heterocycles. The van der Waals surface area contributed by atoms with Crippen LogP contribution >= 0.6 is 11.6 Å². The van der Waals surface area contributed by atoms with Gasteiger partial charge in [0, 0.05) is 25.4 Å². The second-order valence-corrected chi connectivity index (χ2v) is 3.89. The Bertz CT molecular complexity index is 495. The van der Waals surface area contributed by atoms with Crippen molar-refractivity contribution < 1.29 is 9.47 Å². The summed E-state index contributed by atoms with van der Waals surface area (Å²) in [6.07, 6.45) is 1.25. The number of halogens is 1. The van der Waals surface area contributed by atoms with Crippen molar-refractivity contribution >= 4 is 11.6 Å². The average molecular weight is 253 g/mol. The third-order valence-corrected chi connectivity index (χ3v) is 2.63. The van der Waals surface area contributed by atoms with Crippen LogP contribution in [0, 0.1) is 0 Å². The molecule has 0 aliphatic rings. The first-order valence-electron chi connectivity index (χ1n) is 5.11. The van der Waals surface area contributed by atoms with Gasteiger partial charge in [-0.25, -0.2) is 4.68 Å². The smallest absolute Gasteiger partial charge is 0.200 e. The summed E-state index contributed by atoms with van der Waals surface area (Å²) in [5, 5.41) is 4.90. The van der Waals surface area contributed by atoms with E-state index in [-0.39, 0.29) is 0 Å². The zero-order chi connectivity index (χ0) is 12.3. The minimum Gasteiger partial charge on any atom is -0.350 e. The molecule has 1 aromatic heterocycles. The Hall–Kier alpha value is -1.36. The van der Waals surface area contributed by atoms with Gasteiger partial charge in [0.1, 0.15) is 5.69 Å². The van der Waals surface area contributed by atoms with Gasteiger partial charge in [0.15, 0.2) is 0 Å². The molecule has 0 fully saturated rings. The van der Waals surface area contributed by atoms with Crippen LogP contribution in [0.2, 0.25) is 5.02 Å². The van der Waals surface area contributed by atoms with E-state index in [9.17, 15) is 0 Å². The van der Waals surface area contributed by atoms with Crippen LogP contribution in [0.25, 0.3) is 5.69 Å². The van der Waals surface area contributed by atoms with Crippen molar-refractivity contribution in [3.05, 3.63) is 47.2 Å². The van der Waals surface area contributed by atoms with Crippen molar-refractivity contribution in [2.75, 3.05) is 14.2 Å². The lowest BCUT2D eigenvalue weighted by atomic mass is 10.3. The molecule has 0 saturated carbocycles. The van der Waals surface area contributed by atoms with Gasteiger partial charge in [0.05, 0.1) is 5.69 Å². The van der Waals surface area contributed by atoms with E-state index in [1.54, 1.807) is 25.1 Å². The summed E-state index contributed by atoms with van der Waals surface area (Å²) in [6.45, 7) is 0. The van der Waals surface area contributed by atoms with Crippen molar-refractivity contribution in [3.8, 4) is 5.69 Å². The minimum atomic E-state index is -0.448. The first-order valence-corrected chi connectivity index (χ1v) is 5.49. The normalized spacial score (nSPS) is 11.1. The molecular formula is C12H13ClN2O2. The fourth-order valence-corrected chi connectivity index (χ4v) is 1.84. The number of rotatable bonds is 4. The number of methoxy groups -OCH3 is 2. The summed E-state index contributed by atoms with van der Waals surface area (Å²) in [7, 11) is 3.17. The predicted octanol–water partition coefficient (Wildman–Crippen LogP) is 2.82. The van der Waals surface area contributed by atoms with Crippen molar-refractivity contribution in [2.45, 2.75) is 6.29 Å². The van der Waals surface area contributed by atoms with E-state index in [1.165, 1.54) is 0 Å². The molecule has 4 nitrogen and oxygen atoms in total. The highest BCUT2D eigenvalue weighted by Gasteiger charge is 2.15. The lowest BCUT2D eigenvalue weighted by Gasteiger charge is -2.15. The molecule has 1 aromatic carbocycles. The number of hydrogen-bond donors (Lipinski definition) is 0. The van der Waals surface area contributed by atoms with Crippen molar-refractivity contribution in [1.82, 2.24) is 9.78 Å². The highest BCUT2D eigenvalue weighted by Crippen LogP contribution is 2.22. The Morgan fingerprint density at radius 2 is 2.00 bits per heavy atom. The fraction of sp³-hybridized carbons (Fsp3) is 0.250. The lowest BCUT2D eigenvalue weighted by Crippen LogP contribution is -2.10. The van der Waals surface area contributed by atoms with Crippen LogP contribution in [0.3, 0.4) is 0 Å². The standard InChI is InChI=1S/C12H13ClN2O2/c1-16-12(17-2)11-6-7-14-15(11)10-5-3-4-9(13)8-10/h3-8,12H,1-2H3. The lowest BCUT2D eigenvalue weighted by molar-refractivity contribution is -0.109. The second kappa shape index (κ2) is 5.31. The maximum absolute atomic E-state index is 5.96. The number of benzene rings is 1. The number of nitrogens with zero attached hydrogens (tertiary/aromatic N) is 2. The largest absolute Gasteiger partial charge is 0.350 e. The van der Waals surface area contributed by atoms with Crippen LogP contribution < -0.4 is 0 Å². The molecule has 1 heterocycles. The van der Waals surface area contributed by atoms with Gasteiger partial charge < -0.3 is 9.47 Å². The van der Waals surface area contributed by atoms with Gasteiger partial charge in [0.2, 0.25) is 6.29 Å². The maximum Gasteiger partial charge on any atom is 0.200 e. The highest BCUT2D eigenvalue weighted by atomic mass is 35.5. The highest BCUT2D eigenvalue weighted by molar-refractivity contribution is 6.30. The van der Waals surface area contributed by atoms with Crippen LogP contribution in [-0.4, -0.2) is 24.0 Å². The molecule has 5 heteroatoms. The Morgan fingerprint density at radius 3 is 2.65 bits per heavy atom. The van der Waals surface area contributed by atoms with Gasteiger partial charge in [-0.3, -0.25) is 0 Å². The topological polar surface area (TPSA) is 36.3 Å². The Morgan fingerprint density at radius 1 is 1.24 bits per heavy atom. The van der Waals surface area contributed by atoms with Gasteiger partial charge in [0.25, 0.3) is 0 Å². The van der Waals surface area contributed by atoms with E-state index in [0.717, 1.165) is 11.4 Å². The molecule has 0 amide bonds. The van der Waals surface area contributed by atoms with E-state index in [2.05, 4.69) is 5.10 Å². The fourth-order valence-electron chi connectivity index (χ4n) is 1.65. The van der Waals surface area contributed by atoms with Crippen LogP contribution in [-0.2, 0) is 9.47 Å². The molecule has 0 spiro atoms. The van der Waals surface area contributed by atoms with Gasteiger partial charge in [-0.05, 0) is 24.3 Å². The van der Waals surface area contributed by atoms with Crippen molar-refractivity contribution in [3.63, 3.8) is 0 Å². The molecule has 0 N–H and O–H groups in total. The molecule has 0 aliphatic carbocycles. The molecule has 0 unspecified atom stereocenters. The number of ether oxygens (including phenoxy) is 2. The van der Waals surface area contributed by atoms with Crippen LogP contribution in [0.4, 0.5) is 0 Å². The van der Waals surface area contributed by atoms with Crippen LogP contribution in [0.15, 0.2) is 36.5 Å². The zero-order valence-corrected chi connectivity index (χ0v) is 10.4. The summed E-state index contributed by atoms with van der Waals surface area (Å²) in [5.41, 5.74) is 1.69. The summed E-state index contributed by atoms with van der Waals surface area (Å²) in [5.74, 6) is 0. The summed E-state index contributed by atoms with van der Waals surface area (Å²) in [4.78, 5) is 0. The molecule has 0 atom stereocenters. The molecule has 90 valence electrons.